The van der Waals surface area contributed by atoms with E-state index < -0.39 is 60.9 Å². The molecule has 0 spiro atoms. The molecule has 2 aromatic carbocycles. The summed E-state index contributed by atoms with van der Waals surface area (Å²) in [4.78, 5) is 60.5. The summed E-state index contributed by atoms with van der Waals surface area (Å²) >= 11 is 0. The first kappa shape index (κ1) is 33.9. The molecule has 0 aliphatic carbocycles. The summed E-state index contributed by atoms with van der Waals surface area (Å²) in [5.41, 5.74) is 6.66. The van der Waals surface area contributed by atoms with Crippen LogP contribution in [-0.2, 0) is 47.7 Å². The SMILES string of the molecule is CC(=O)OC[C@H](OC(C)=O)[C@H](OC(C)=O)[C@H](OC(C)=O)[C@H](OC(C)=O)C(/C=N\Nc1ccccc1)=N/Nc1ccccc1. The lowest BCUT2D eigenvalue weighted by Gasteiger charge is -2.35. The normalized spacial score (nSPS) is 13.9. The first-order valence-corrected chi connectivity index (χ1v) is 13.0. The van der Waals surface area contributed by atoms with Crippen molar-refractivity contribution in [2.24, 2.45) is 10.2 Å². The van der Waals surface area contributed by atoms with Crippen LogP contribution in [0.5, 0.6) is 0 Å². The second-order valence-electron chi connectivity index (χ2n) is 8.88. The Morgan fingerprint density at radius 3 is 1.63 bits per heavy atom. The number of hydrogen-bond donors (Lipinski definition) is 2. The number of anilines is 2. The molecular formula is C29H34N4O10. The predicted octanol–water partition coefficient (Wildman–Crippen LogP) is 2.84. The number of carbonyl (C=O) groups excluding carboxylic acids is 5. The van der Waals surface area contributed by atoms with Gasteiger partial charge in [0.25, 0.3) is 0 Å². The molecular weight excluding hydrogens is 564 g/mol. The van der Waals surface area contributed by atoms with E-state index >= 15 is 0 Å². The van der Waals surface area contributed by atoms with Gasteiger partial charge in [0.05, 0.1) is 17.6 Å². The Morgan fingerprint density at radius 1 is 0.651 bits per heavy atom. The van der Waals surface area contributed by atoms with Gasteiger partial charge in [0.15, 0.2) is 24.4 Å². The molecule has 2 N–H and O–H groups in total. The van der Waals surface area contributed by atoms with Crippen molar-refractivity contribution < 1.29 is 47.7 Å². The molecule has 0 heterocycles. The van der Waals surface area contributed by atoms with Crippen LogP contribution in [0.25, 0.3) is 0 Å². The Labute approximate surface area is 248 Å². The van der Waals surface area contributed by atoms with Gasteiger partial charge in [-0.2, -0.15) is 10.2 Å². The summed E-state index contributed by atoms with van der Waals surface area (Å²) in [5, 5.41) is 8.51. The molecule has 0 saturated heterocycles. The van der Waals surface area contributed by atoms with E-state index in [1.165, 1.54) is 6.21 Å². The lowest BCUT2D eigenvalue weighted by molar-refractivity contribution is -0.197. The highest BCUT2D eigenvalue weighted by molar-refractivity contribution is 6.33. The van der Waals surface area contributed by atoms with E-state index in [1.807, 2.05) is 6.07 Å². The fourth-order valence-electron chi connectivity index (χ4n) is 3.62. The van der Waals surface area contributed by atoms with E-state index in [9.17, 15) is 24.0 Å². The van der Waals surface area contributed by atoms with Crippen molar-refractivity contribution in [1.29, 1.82) is 0 Å². The van der Waals surface area contributed by atoms with E-state index in [-0.39, 0.29) is 5.71 Å². The highest BCUT2D eigenvalue weighted by Gasteiger charge is 2.45. The number of hydrogen-bond acceptors (Lipinski definition) is 14. The molecule has 14 heteroatoms. The largest absolute Gasteiger partial charge is 0.462 e. The zero-order valence-corrected chi connectivity index (χ0v) is 24.3. The zero-order chi connectivity index (χ0) is 31.8. The number of nitrogens with zero attached hydrogens (tertiary/aromatic N) is 2. The van der Waals surface area contributed by atoms with Crippen LogP contribution in [0.2, 0.25) is 0 Å². The van der Waals surface area contributed by atoms with Gasteiger partial charge in [-0.3, -0.25) is 34.8 Å². The Bertz CT molecular complexity index is 1300. The number of para-hydroxylation sites is 2. The summed E-state index contributed by atoms with van der Waals surface area (Å²) in [5.74, 6) is -4.13. The van der Waals surface area contributed by atoms with Crippen LogP contribution < -0.4 is 10.9 Å². The minimum Gasteiger partial charge on any atom is -0.462 e. The number of hydrazone groups is 2. The maximum atomic E-state index is 12.4. The molecule has 230 valence electrons. The predicted molar refractivity (Wildman–Crippen MR) is 155 cm³/mol. The summed E-state index contributed by atoms with van der Waals surface area (Å²) in [6.07, 6.45) is -5.21. The van der Waals surface area contributed by atoms with Crippen molar-refractivity contribution in [1.82, 2.24) is 0 Å². The van der Waals surface area contributed by atoms with Crippen molar-refractivity contribution in [3.63, 3.8) is 0 Å². The van der Waals surface area contributed by atoms with E-state index in [2.05, 4.69) is 21.1 Å². The average molecular weight is 599 g/mol. The Balaban J connectivity index is 2.69. The summed E-state index contributed by atoms with van der Waals surface area (Å²) < 4.78 is 26.9. The first-order chi connectivity index (χ1) is 20.5. The summed E-state index contributed by atoms with van der Waals surface area (Å²) in [6.45, 7) is 4.84. The van der Waals surface area contributed by atoms with Crippen molar-refractivity contribution in [2.75, 3.05) is 17.5 Å². The molecule has 2 aromatic rings. The van der Waals surface area contributed by atoms with E-state index in [4.69, 9.17) is 23.7 Å². The fraction of sp³-hybridized carbons (Fsp3) is 0.345. The van der Waals surface area contributed by atoms with Gasteiger partial charge >= 0.3 is 29.8 Å². The quantitative estimate of drug-likeness (QED) is 0.133. The molecule has 2 rings (SSSR count). The minimum atomic E-state index is -1.68. The molecule has 4 atom stereocenters. The van der Waals surface area contributed by atoms with Crippen LogP contribution in [-0.4, -0.2) is 72.8 Å². The van der Waals surface area contributed by atoms with Gasteiger partial charge in [0, 0.05) is 34.6 Å². The Hall–Kier alpha value is -5.27. The van der Waals surface area contributed by atoms with Gasteiger partial charge in [-0.15, -0.1) is 0 Å². The summed E-state index contributed by atoms with van der Waals surface area (Å²) in [7, 11) is 0. The van der Waals surface area contributed by atoms with Gasteiger partial charge in [-0.25, -0.2) is 0 Å². The molecule has 0 aliphatic heterocycles. The highest BCUT2D eigenvalue weighted by Crippen LogP contribution is 2.22. The molecule has 14 nitrogen and oxygen atoms in total. The van der Waals surface area contributed by atoms with E-state index in [0.29, 0.717) is 11.4 Å². The standard InChI is InChI=1S/C29H34N4O10/c1-18(34)39-17-26(40-19(2)35)28(42-21(4)37)29(43-22(5)38)27(41-20(3)36)25(33-32-24-14-10-7-11-15-24)16-30-31-23-12-8-6-9-13-23/h6-16,26-29,31-32H,17H2,1-5H3/b30-16-,33-25+/t26-,27+,28-,29+/m0/s1. The Kier molecular flexibility index (Phi) is 13.8. The number of rotatable bonds is 15. The van der Waals surface area contributed by atoms with Crippen LogP contribution in [0.15, 0.2) is 70.9 Å². The molecule has 0 fully saturated rings. The third kappa shape index (κ3) is 12.8. The molecule has 43 heavy (non-hydrogen) atoms. The number of carbonyl (C=O) groups is 5. The maximum absolute atomic E-state index is 12.4. The van der Waals surface area contributed by atoms with Crippen LogP contribution in [0.4, 0.5) is 11.4 Å². The number of benzene rings is 2. The van der Waals surface area contributed by atoms with Crippen molar-refractivity contribution in [2.45, 2.75) is 59.0 Å². The molecule has 0 unspecified atom stereocenters. The van der Waals surface area contributed by atoms with Crippen LogP contribution in [0, 0.1) is 0 Å². The first-order valence-electron chi connectivity index (χ1n) is 13.0. The molecule has 0 aromatic heterocycles. The monoisotopic (exact) mass is 598 g/mol. The molecule has 0 bridgehead atoms. The Morgan fingerprint density at radius 2 is 1.14 bits per heavy atom. The topological polar surface area (TPSA) is 180 Å². The van der Waals surface area contributed by atoms with Gasteiger partial charge in [-0.05, 0) is 24.3 Å². The number of nitrogens with one attached hydrogen (secondary N) is 2. The van der Waals surface area contributed by atoms with Gasteiger partial charge in [0.1, 0.15) is 12.3 Å². The van der Waals surface area contributed by atoms with Crippen LogP contribution in [0.1, 0.15) is 34.6 Å². The van der Waals surface area contributed by atoms with Crippen molar-refractivity contribution in [3.8, 4) is 0 Å². The molecule has 0 aliphatic rings. The van der Waals surface area contributed by atoms with E-state index in [0.717, 1.165) is 34.6 Å². The molecule has 0 radical (unpaired) electrons. The second-order valence-corrected chi connectivity index (χ2v) is 8.88. The fourth-order valence-corrected chi connectivity index (χ4v) is 3.62. The minimum absolute atomic E-state index is 0.111. The van der Waals surface area contributed by atoms with Gasteiger partial charge in [-0.1, -0.05) is 36.4 Å². The van der Waals surface area contributed by atoms with Crippen LogP contribution >= 0.6 is 0 Å². The lowest BCUT2D eigenvalue weighted by atomic mass is 9.98. The van der Waals surface area contributed by atoms with E-state index in [1.54, 1.807) is 54.6 Å². The second kappa shape index (κ2) is 17.5. The smallest absolute Gasteiger partial charge is 0.303 e. The highest BCUT2D eigenvalue weighted by atomic mass is 16.6. The third-order valence-electron chi connectivity index (χ3n) is 5.20. The number of ether oxygens (including phenoxy) is 5. The third-order valence-corrected chi connectivity index (χ3v) is 5.20. The van der Waals surface area contributed by atoms with Crippen LogP contribution in [0.3, 0.4) is 0 Å². The lowest BCUT2D eigenvalue weighted by Crippen LogP contribution is -2.55. The van der Waals surface area contributed by atoms with Gasteiger partial charge < -0.3 is 23.7 Å². The number of esters is 5. The molecule has 0 amide bonds. The zero-order valence-electron chi connectivity index (χ0n) is 24.3. The van der Waals surface area contributed by atoms with Crippen molar-refractivity contribution in [3.05, 3.63) is 60.7 Å². The average Bonchev–Trinajstić information content (AvgIpc) is 2.94. The van der Waals surface area contributed by atoms with Gasteiger partial charge in [0.2, 0.25) is 0 Å². The summed E-state index contributed by atoms with van der Waals surface area (Å²) in [6, 6.07) is 17.6. The molecule has 0 saturated carbocycles. The maximum Gasteiger partial charge on any atom is 0.303 e. The van der Waals surface area contributed by atoms with Crippen molar-refractivity contribution >= 4 is 53.1 Å².